The summed E-state index contributed by atoms with van der Waals surface area (Å²) in [6.45, 7) is 2.04. The molecular weight excluding hydrogens is 286 g/mol. The van der Waals surface area contributed by atoms with Gasteiger partial charge in [-0.1, -0.05) is 11.6 Å². The lowest BCUT2D eigenvalue weighted by molar-refractivity contribution is -0.144. The molecule has 6 heteroatoms. The predicted molar refractivity (Wildman–Crippen MR) is 75.1 cm³/mol. The second-order valence-electron chi connectivity index (χ2n) is 4.38. The molecule has 2 heterocycles. The molecule has 2 aliphatic heterocycles. The molecule has 0 radical (unpaired) electrons. The Hall–Kier alpha value is -0.750. The van der Waals surface area contributed by atoms with Crippen LogP contribution >= 0.6 is 23.4 Å². The Morgan fingerprint density at radius 3 is 3.11 bits per heavy atom. The first-order valence-corrected chi connectivity index (χ1v) is 7.55. The summed E-state index contributed by atoms with van der Waals surface area (Å²) in [6.07, 6.45) is -0.497. The van der Waals surface area contributed by atoms with Crippen LogP contribution in [-0.4, -0.2) is 44.1 Å². The molecule has 19 heavy (non-hydrogen) atoms. The summed E-state index contributed by atoms with van der Waals surface area (Å²) in [7, 11) is 0. The third-order valence-corrected chi connectivity index (χ3v) is 4.42. The Morgan fingerprint density at radius 1 is 1.42 bits per heavy atom. The van der Waals surface area contributed by atoms with E-state index in [1.807, 2.05) is 18.2 Å². The minimum absolute atomic E-state index is 0.0384. The van der Waals surface area contributed by atoms with E-state index in [2.05, 4.69) is 0 Å². The van der Waals surface area contributed by atoms with E-state index in [0.29, 0.717) is 31.4 Å². The van der Waals surface area contributed by atoms with E-state index in [4.69, 9.17) is 21.1 Å². The van der Waals surface area contributed by atoms with Gasteiger partial charge in [-0.25, -0.2) is 0 Å². The van der Waals surface area contributed by atoms with Gasteiger partial charge in [0.2, 0.25) is 0 Å². The van der Waals surface area contributed by atoms with Gasteiger partial charge in [0.25, 0.3) is 5.91 Å². The highest BCUT2D eigenvalue weighted by Crippen LogP contribution is 2.37. The van der Waals surface area contributed by atoms with Gasteiger partial charge in [-0.05, 0) is 18.2 Å². The van der Waals surface area contributed by atoms with Crippen LogP contribution in [0, 0.1) is 0 Å². The van der Waals surface area contributed by atoms with E-state index >= 15 is 0 Å². The number of nitrogens with zero attached hydrogens (tertiary/aromatic N) is 1. The van der Waals surface area contributed by atoms with Gasteiger partial charge in [0, 0.05) is 22.2 Å². The molecule has 1 atom stereocenters. The maximum Gasteiger partial charge on any atom is 0.258 e. The van der Waals surface area contributed by atoms with Gasteiger partial charge in [-0.3, -0.25) is 4.79 Å². The number of ether oxygens (including phenoxy) is 2. The summed E-state index contributed by atoms with van der Waals surface area (Å²) in [5.41, 5.74) is 0.878. The van der Waals surface area contributed by atoms with Crippen LogP contribution in [0.2, 0.25) is 5.02 Å². The van der Waals surface area contributed by atoms with Crippen LogP contribution in [0.1, 0.15) is 0 Å². The number of carbonyl (C=O) groups is 1. The fourth-order valence-corrected chi connectivity index (χ4v) is 3.37. The monoisotopic (exact) mass is 299 g/mol. The van der Waals surface area contributed by atoms with Crippen molar-refractivity contribution in [3.63, 3.8) is 0 Å². The lowest BCUT2D eigenvalue weighted by Gasteiger charge is -2.33. The second kappa shape index (κ2) is 5.71. The Labute approximate surface area is 121 Å². The van der Waals surface area contributed by atoms with Crippen molar-refractivity contribution in [2.45, 2.75) is 11.0 Å². The van der Waals surface area contributed by atoms with Crippen molar-refractivity contribution < 1.29 is 14.3 Å². The fourth-order valence-electron chi connectivity index (χ4n) is 2.22. The average molecular weight is 300 g/mol. The summed E-state index contributed by atoms with van der Waals surface area (Å²) in [4.78, 5) is 15.3. The first-order valence-electron chi connectivity index (χ1n) is 6.19. The largest absolute Gasteiger partial charge is 0.376 e. The topological polar surface area (TPSA) is 38.8 Å². The second-order valence-corrected chi connectivity index (χ2v) is 5.96. The van der Waals surface area contributed by atoms with E-state index < -0.39 is 6.10 Å². The summed E-state index contributed by atoms with van der Waals surface area (Å²) in [5.74, 6) is 0.844. The maximum atomic E-state index is 12.5. The fraction of sp³-hybridized carbons (Fsp3) is 0.462. The molecule has 1 amide bonds. The Bertz CT molecular complexity index is 491. The van der Waals surface area contributed by atoms with Crippen LogP contribution in [0.5, 0.6) is 0 Å². The quantitative estimate of drug-likeness (QED) is 0.797. The zero-order valence-corrected chi connectivity index (χ0v) is 11.9. The number of fused-ring (bicyclic) bond motifs is 1. The maximum absolute atomic E-state index is 12.5. The Morgan fingerprint density at radius 2 is 2.32 bits per heavy atom. The van der Waals surface area contributed by atoms with Crippen molar-refractivity contribution >= 4 is 35.0 Å². The number of carbonyl (C=O) groups excluding carboxylic acids is 1. The van der Waals surface area contributed by atoms with Crippen molar-refractivity contribution in [2.24, 2.45) is 0 Å². The SMILES string of the molecule is O=C(C1COCCO1)N1CCSc2ccc(Cl)cc21. The smallest absolute Gasteiger partial charge is 0.258 e. The molecule has 102 valence electrons. The zero-order chi connectivity index (χ0) is 13.2. The number of hydrogen-bond donors (Lipinski definition) is 0. The number of halogens is 1. The van der Waals surface area contributed by atoms with Gasteiger partial charge in [-0.15, -0.1) is 11.8 Å². The third-order valence-electron chi connectivity index (χ3n) is 3.14. The van der Waals surface area contributed by atoms with Crippen LogP contribution in [0.15, 0.2) is 23.1 Å². The van der Waals surface area contributed by atoms with Crippen LogP contribution in [0.4, 0.5) is 5.69 Å². The molecule has 0 saturated carbocycles. The molecule has 0 N–H and O–H groups in total. The van der Waals surface area contributed by atoms with Gasteiger partial charge in [0.05, 0.1) is 25.5 Å². The van der Waals surface area contributed by atoms with E-state index in [0.717, 1.165) is 16.3 Å². The lowest BCUT2D eigenvalue weighted by atomic mass is 10.2. The van der Waals surface area contributed by atoms with Crippen LogP contribution in [0.25, 0.3) is 0 Å². The standard InChI is InChI=1S/C13H14ClNO3S/c14-9-1-2-12-10(7-9)15(3-6-19-12)13(16)11-8-17-4-5-18-11/h1-2,7,11H,3-6,8H2. The van der Waals surface area contributed by atoms with Crippen LogP contribution in [0.3, 0.4) is 0 Å². The zero-order valence-electron chi connectivity index (χ0n) is 10.3. The van der Waals surface area contributed by atoms with Gasteiger partial charge in [0.1, 0.15) is 0 Å². The molecule has 1 aromatic carbocycles. The molecule has 2 aliphatic rings. The molecule has 1 aromatic rings. The highest BCUT2D eigenvalue weighted by atomic mass is 35.5. The van der Waals surface area contributed by atoms with Crippen LogP contribution in [-0.2, 0) is 14.3 Å². The Balaban J connectivity index is 1.86. The average Bonchev–Trinajstić information content (AvgIpc) is 2.47. The van der Waals surface area contributed by atoms with Gasteiger partial charge < -0.3 is 14.4 Å². The number of anilines is 1. The minimum atomic E-state index is -0.497. The summed E-state index contributed by atoms with van der Waals surface area (Å²) in [5, 5.41) is 0.639. The molecule has 0 bridgehead atoms. The summed E-state index contributed by atoms with van der Waals surface area (Å²) in [6, 6.07) is 5.65. The normalized spacial score (nSPS) is 23.0. The van der Waals surface area contributed by atoms with Crippen molar-refractivity contribution in [3.8, 4) is 0 Å². The van der Waals surface area contributed by atoms with E-state index in [1.165, 1.54) is 0 Å². The van der Waals surface area contributed by atoms with Crippen molar-refractivity contribution in [3.05, 3.63) is 23.2 Å². The number of thioether (sulfide) groups is 1. The summed E-state index contributed by atoms with van der Waals surface area (Å²) < 4.78 is 10.8. The molecule has 1 unspecified atom stereocenters. The van der Waals surface area contributed by atoms with Crippen molar-refractivity contribution in [2.75, 3.05) is 37.0 Å². The van der Waals surface area contributed by atoms with E-state index in [1.54, 1.807) is 16.7 Å². The molecular formula is C13H14ClNO3S. The first-order chi connectivity index (χ1) is 9.25. The molecule has 0 aromatic heterocycles. The molecule has 0 spiro atoms. The van der Waals surface area contributed by atoms with Crippen molar-refractivity contribution in [1.29, 1.82) is 0 Å². The molecule has 0 aliphatic carbocycles. The number of hydrogen-bond acceptors (Lipinski definition) is 4. The first kappa shape index (κ1) is 13.2. The van der Waals surface area contributed by atoms with E-state index in [9.17, 15) is 4.79 Å². The molecule has 3 rings (SSSR count). The molecule has 1 saturated heterocycles. The predicted octanol–water partition coefficient (Wildman–Crippen LogP) is 2.19. The molecule has 1 fully saturated rings. The van der Waals surface area contributed by atoms with Crippen LogP contribution < -0.4 is 4.90 Å². The Kier molecular flexibility index (Phi) is 3.98. The molecule has 4 nitrogen and oxygen atoms in total. The number of rotatable bonds is 1. The number of benzene rings is 1. The summed E-state index contributed by atoms with van der Waals surface area (Å²) >= 11 is 7.77. The number of amides is 1. The van der Waals surface area contributed by atoms with Crippen molar-refractivity contribution in [1.82, 2.24) is 0 Å². The van der Waals surface area contributed by atoms with Gasteiger partial charge in [0.15, 0.2) is 6.10 Å². The third kappa shape index (κ3) is 2.74. The lowest BCUT2D eigenvalue weighted by Crippen LogP contribution is -2.47. The minimum Gasteiger partial charge on any atom is -0.376 e. The van der Waals surface area contributed by atoms with Gasteiger partial charge in [-0.2, -0.15) is 0 Å². The highest BCUT2D eigenvalue weighted by molar-refractivity contribution is 7.99. The van der Waals surface area contributed by atoms with E-state index in [-0.39, 0.29) is 5.91 Å². The highest BCUT2D eigenvalue weighted by Gasteiger charge is 2.31. The van der Waals surface area contributed by atoms with Gasteiger partial charge >= 0.3 is 0 Å².